The molecule has 1 aromatic carbocycles. The molecule has 0 unspecified atom stereocenters. The third-order valence-electron chi connectivity index (χ3n) is 1.99. The smallest absolute Gasteiger partial charge is 0.131 e. The van der Waals surface area contributed by atoms with Crippen molar-refractivity contribution in [2.24, 2.45) is 0 Å². The number of methoxy groups -OCH3 is 1. The van der Waals surface area contributed by atoms with E-state index in [2.05, 4.69) is 6.58 Å². The lowest BCUT2D eigenvalue weighted by molar-refractivity contribution is 0.385. The van der Waals surface area contributed by atoms with Gasteiger partial charge < -0.3 is 9.47 Å². The summed E-state index contributed by atoms with van der Waals surface area (Å²) in [6.45, 7) is 11.4. The summed E-state index contributed by atoms with van der Waals surface area (Å²) in [7, 11) is 1.61. The summed E-state index contributed by atoms with van der Waals surface area (Å²) in [5.41, 5.74) is 0.798. The first kappa shape index (κ1) is 16.6. The number of benzene rings is 1. The van der Waals surface area contributed by atoms with Crippen LogP contribution < -0.4 is 4.74 Å². The van der Waals surface area contributed by atoms with E-state index in [4.69, 9.17) is 21.1 Å². The summed E-state index contributed by atoms with van der Waals surface area (Å²) < 4.78 is 10.6. The van der Waals surface area contributed by atoms with E-state index in [1.54, 1.807) is 26.2 Å². The van der Waals surface area contributed by atoms with Gasteiger partial charge in [-0.05, 0) is 38.1 Å². The molecular weight excluding hydrogens is 248 g/mol. The van der Waals surface area contributed by atoms with Crippen molar-refractivity contribution in [2.75, 3.05) is 7.11 Å². The molecule has 1 rings (SSSR count). The minimum atomic E-state index is 0.618. The summed E-state index contributed by atoms with van der Waals surface area (Å²) in [6, 6.07) is 5.42. The lowest BCUT2D eigenvalue weighted by atomic mass is 10.1. The van der Waals surface area contributed by atoms with Gasteiger partial charge in [0.25, 0.3) is 0 Å². The lowest BCUT2D eigenvalue weighted by Gasteiger charge is -2.12. The van der Waals surface area contributed by atoms with Gasteiger partial charge in [0.1, 0.15) is 11.5 Å². The molecule has 18 heavy (non-hydrogen) atoms. The maximum atomic E-state index is 6.10. The monoisotopic (exact) mass is 268 g/mol. The van der Waals surface area contributed by atoms with Crippen LogP contribution in [0, 0.1) is 0 Å². The maximum Gasteiger partial charge on any atom is 0.131 e. The van der Waals surface area contributed by atoms with Gasteiger partial charge in [-0.1, -0.05) is 32.0 Å². The molecule has 0 fully saturated rings. The van der Waals surface area contributed by atoms with Gasteiger partial charge in [0.05, 0.1) is 17.9 Å². The van der Waals surface area contributed by atoms with Gasteiger partial charge in [-0.15, -0.1) is 0 Å². The van der Waals surface area contributed by atoms with Crippen LogP contribution in [0.5, 0.6) is 5.75 Å². The number of hydrogen-bond acceptors (Lipinski definition) is 2. The molecule has 0 spiro atoms. The van der Waals surface area contributed by atoms with Gasteiger partial charge in [0, 0.05) is 5.56 Å². The number of halogens is 1. The molecule has 0 atom stereocenters. The van der Waals surface area contributed by atoms with Gasteiger partial charge in [-0.2, -0.15) is 0 Å². The molecular formula is C15H21ClO2. The van der Waals surface area contributed by atoms with Crippen molar-refractivity contribution < 1.29 is 9.47 Å². The van der Waals surface area contributed by atoms with Gasteiger partial charge in [-0.3, -0.25) is 0 Å². The number of allylic oxidation sites excluding steroid dienone is 2. The van der Waals surface area contributed by atoms with Crippen LogP contribution in [0.15, 0.2) is 36.6 Å². The summed E-state index contributed by atoms with van der Waals surface area (Å²) in [5.74, 6) is 2.03. The van der Waals surface area contributed by atoms with Crippen molar-refractivity contribution in [3.63, 3.8) is 0 Å². The van der Waals surface area contributed by atoms with E-state index in [1.807, 2.05) is 32.9 Å². The Labute approximate surface area is 115 Å². The van der Waals surface area contributed by atoms with Crippen LogP contribution in [0.2, 0.25) is 5.02 Å². The van der Waals surface area contributed by atoms with Crippen LogP contribution in [0.3, 0.4) is 0 Å². The Morgan fingerprint density at radius 3 is 2.39 bits per heavy atom. The van der Waals surface area contributed by atoms with Crippen LogP contribution in [0.25, 0.3) is 5.76 Å². The molecule has 0 aliphatic heterocycles. The fourth-order valence-electron chi connectivity index (χ4n) is 1.28. The molecule has 0 aliphatic rings. The van der Waals surface area contributed by atoms with Gasteiger partial charge >= 0.3 is 0 Å². The molecule has 0 aromatic heterocycles. The van der Waals surface area contributed by atoms with E-state index in [1.165, 1.54) is 0 Å². The third-order valence-corrected chi connectivity index (χ3v) is 2.31. The van der Waals surface area contributed by atoms with Crippen LogP contribution >= 0.6 is 11.6 Å². The number of hydrogen-bond donors (Lipinski definition) is 0. The van der Waals surface area contributed by atoms with Crippen molar-refractivity contribution in [1.82, 2.24) is 0 Å². The molecule has 0 N–H and O–H groups in total. The molecule has 3 heteroatoms. The Kier molecular flexibility index (Phi) is 7.97. The summed E-state index contributed by atoms with van der Waals surface area (Å²) in [5, 5.41) is 0.621. The first-order valence-corrected chi connectivity index (χ1v) is 6.30. The van der Waals surface area contributed by atoms with E-state index >= 15 is 0 Å². The molecule has 0 aliphatic carbocycles. The second-order valence-electron chi connectivity index (χ2n) is 3.30. The Morgan fingerprint density at radius 1 is 1.33 bits per heavy atom. The van der Waals surface area contributed by atoms with E-state index in [0.717, 1.165) is 11.3 Å². The van der Waals surface area contributed by atoms with Gasteiger partial charge in [0.15, 0.2) is 0 Å². The van der Waals surface area contributed by atoms with Crippen LogP contribution in [0.4, 0.5) is 0 Å². The zero-order valence-corrected chi connectivity index (χ0v) is 12.5. The average Bonchev–Trinajstić information content (AvgIpc) is 2.39. The second kappa shape index (κ2) is 8.65. The highest BCUT2D eigenvalue weighted by Crippen LogP contribution is 2.29. The van der Waals surface area contributed by atoms with Crippen LogP contribution in [-0.2, 0) is 4.74 Å². The van der Waals surface area contributed by atoms with Gasteiger partial charge in [0.2, 0.25) is 0 Å². The topological polar surface area (TPSA) is 18.5 Å². The molecule has 1 aromatic rings. The van der Waals surface area contributed by atoms with E-state index in [0.29, 0.717) is 16.5 Å². The molecule has 0 amide bonds. The molecule has 2 nitrogen and oxygen atoms in total. The van der Waals surface area contributed by atoms with Crippen molar-refractivity contribution in [3.05, 3.63) is 47.2 Å². The zero-order valence-electron chi connectivity index (χ0n) is 11.7. The van der Waals surface area contributed by atoms with Crippen molar-refractivity contribution in [1.29, 1.82) is 0 Å². The molecule has 0 saturated heterocycles. The van der Waals surface area contributed by atoms with Crippen molar-refractivity contribution in [2.45, 2.75) is 27.7 Å². The minimum absolute atomic E-state index is 0.618. The maximum absolute atomic E-state index is 6.10. The summed E-state index contributed by atoms with van der Waals surface area (Å²) in [4.78, 5) is 0. The molecule has 100 valence electrons. The highest BCUT2D eigenvalue weighted by molar-refractivity contribution is 6.32. The molecule has 0 bridgehead atoms. The Balaban J connectivity index is 0.00000137. The normalized spacial score (nSPS) is 10.2. The van der Waals surface area contributed by atoms with Crippen LogP contribution in [0.1, 0.15) is 33.3 Å². The summed E-state index contributed by atoms with van der Waals surface area (Å²) in [6.07, 6.45) is 1.84. The third kappa shape index (κ3) is 4.84. The standard InChI is InChI=1S/C13H15ClO2.C2H6/c1-5-13(16-9(2)3)11-8-10(15-4)6-7-12(11)14;1-2/h5-8H,2H2,1,3-4H3;1-2H3/b13-5-;. The Hall–Kier alpha value is -1.41. The van der Waals surface area contributed by atoms with Crippen molar-refractivity contribution >= 4 is 17.4 Å². The van der Waals surface area contributed by atoms with E-state index in [-0.39, 0.29) is 0 Å². The first-order valence-electron chi connectivity index (χ1n) is 5.92. The second-order valence-corrected chi connectivity index (χ2v) is 3.71. The van der Waals surface area contributed by atoms with Crippen LogP contribution in [-0.4, -0.2) is 7.11 Å². The predicted molar refractivity (Wildman–Crippen MR) is 78.9 cm³/mol. The fraction of sp³-hybridized carbons (Fsp3) is 0.333. The van der Waals surface area contributed by atoms with Crippen molar-refractivity contribution in [3.8, 4) is 5.75 Å². The average molecular weight is 269 g/mol. The molecule has 0 radical (unpaired) electrons. The minimum Gasteiger partial charge on any atom is -0.497 e. The lowest BCUT2D eigenvalue weighted by Crippen LogP contribution is -1.92. The number of rotatable bonds is 4. The Morgan fingerprint density at radius 2 is 1.94 bits per heavy atom. The quantitative estimate of drug-likeness (QED) is 0.691. The zero-order chi connectivity index (χ0) is 14.1. The first-order chi connectivity index (χ1) is 8.58. The van der Waals surface area contributed by atoms with E-state index in [9.17, 15) is 0 Å². The molecule has 0 heterocycles. The largest absolute Gasteiger partial charge is 0.497 e. The highest BCUT2D eigenvalue weighted by atomic mass is 35.5. The van der Waals surface area contributed by atoms with E-state index < -0.39 is 0 Å². The Bertz CT molecular complexity index is 423. The van der Waals surface area contributed by atoms with Gasteiger partial charge in [-0.25, -0.2) is 0 Å². The SMILES string of the molecule is C=C(C)O/C(=C\C)c1cc(OC)ccc1Cl.CC. The highest BCUT2D eigenvalue weighted by Gasteiger charge is 2.09. The predicted octanol–water partition coefficient (Wildman–Crippen LogP) is 5.29. The summed E-state index contributed by atoms with van der Waals surface area (Å²) >= 11 is 6.10. The number of ether oxygens (including phenoxy) is 2. The molecule has 0 saturated carbocycles. The fourth-order valence-corrected chi connectivity index (χ4v) is 1.49.